The van der Waals surface area contributed by atoms with E-state index in [1.54, 1.807) is 17.4 Å². The van der Waals surface area contributed by atoms with Gasteiger partial charge in [0, 0.05) is 28.5 Å². The minimum Gasteiger partial charge on any atom is -0.322 e. The van der Waals surface area contributed by atoms with Crippen molar-refractivity contribution in [3.05, 3.63) is 75.1 Å². The van der Waals surface area contributed by atoms with Gasteiger partial charge in [-0.15, -0.1) is 11.3 Å². The number of para-hydroxylation sites is 1. The number of hydrogen-bond acceptors (Lipinski definition) is 4. The number of rotatable bonds is 6. The number of nitrogens with zero attached hydrogens (tertiary/aromatic N) is 2. The van der Waals surface area contributed by atoms with Gasteiger partial charge in [-0.3, -0.25) is 14.5 Å². The van der Waals surface area contributed by atoms with Crippen molar-refractivity contribution in [1.29, 1.82) is 0 Å². The van der Waals surface area contributed by atoms with Crippen LogP contribution < -0.4 is 10.6 Å². The molecule has 2 aliphatic rings. The molecule has 0 spiro atoms. The Morgan fingerprint density at radius 3 is 2.64 bits per heavy atom. The normalized spacial score (nSPS) is 16.4. The van der Waals surface area contributed by atoms with Crippen molar-refractivity contribution < 1.29 is 14.4 Å². The van der Waals surface area contributed by atoms with Crippen LogP contribution >= 0.6 is 11.3 Å². The Balaban J connectivity index is 1.56. The predicted molar refractivity (Wildman–Crippen MR) is 143 cm³/mol. The van der Waals surface area contributed by atoms with Crippen molar-refractivity contribution in [2.45, 2.75) is 52.9 Å². The second-order valence-electron chi connectivity index (χ2n) is 9.32. The van der Waals surface area contributed by atoms with E-state index in [0.29, 0.717) is 13.0 Å². The maximum atomic E-state index is 13.6. The zero-order valence-corrected chi connectivity index (χ0v) is 21.6. The number of hydrogen-bond donors (Lipinski definition) is 2. The lowest BCUT2D eigenvalue weighted by molar-refractivity contribution is -0.122. The number of urea groups is 1. The Labute approximate surface area is 214 Å². The summed E-state index contributed by atoms with van der Waals surface area (Å²) in [6.45, 7) is 6.32. The molecular formula is C28H30N4O3S. The third-order valence-corrected chi connectivity index (χ3v) is 8.07. The second kappa shape index (κ2) is 9.78. The summed E-state index contributed by atoms with van der Waals surface area (Å²) in [5.41, 5.74) is 5.66. The van der Waals surface area contributed by atoms with Gasteiger partial charge in [-0.2, -0.15) is 0 Å². The number of anilines is 1. The highest BCUT2D eigenvalue weighted by Crippen LogP contribution is 2.39. The van der Waals surface area contributed by atoms with Crippen molar-refractivity contribution in [1.82, 2.24) is 14.8 Å². The molecule has 7 nitrogen and oxygen atoms in total. The van der Waals surface area contributed by atoms with Crippen LogP contribution in [0.2, 0.25) is 0 Å². The van der Waals surface area contributed by atoms with Crippen LogP contribution in [-0.2, 0) is 17.6 Å². The molecular weight excluding hydrogens is 472 g/mol. The van der Waals surface area contributed by atoms with Gasteiger partial charge in [-0.05, 0) is 81.4 Å². The second-order valence-corrected chi connectivity index (χ2v) is 10.4. The third-order valence-electron chi connectivity index (χ3n) is 6.79. The maximum Gasteiger partial charge on any atom is 0.329 e. The molecule has 0 radical (unpaired) electrons. The fourth-order valence-corrected chi connectivity index (χ4v) is 6.56. The Kier molecular flexibility index (Phi) is 6.53. The summed E-state index contributed by atoms with van der Waals surface area (Å²) < 4.78 is 2.11. The smallest absolute Gasteiger partial charge is 0.322 e. The van der Waals surface area contributed by atoms with E-state index in [0.717, 1.165) is 64.4 Å². The van der Waals surface area contributed by atoms with E-state index in [1.165, 1.54) is 9.78 Å². The maximum absolute atomic E-state index is 13.6. The molecule has 36 heavy (non-hydrogen) atoms. The van der Waals surface area contributed by atoms with Gasteiger partial charge in [-0.1, -0.05) is 25.1 Å². The number of fused-ring (bicyclic) bond motifs is 1. The first kappa shape index (κ1) is 24.1. The molecule has 0 atom stereocenters. The molecule has 2 aromatic heterocycles. The van der Waals surface area contributed by atoms with Gasteiger partial charge < -0.3 is 15.2 Å². The number of carbonyl (C=O) groups is 3. The summed E-state index contributed by atoms with van der Waals surface area (Å²) in [6, 6.07) is 11.1. The van der Waals surface area contributed by atoms with Crippen LogP contribution in [0.3, 0.4) is 0 Å². The summed E-state index contributed by atoms with van der Waals surface area (Å²) in [6.07, 6.45) is 6.53. The van der Waals surface area contributed by atoms with Crippen LogP contribution in [0.25, 0.3) is 11.1 Å². The van der Waals surface area contributed by atoms with E-state index in [1.807, 2.05) is 57.2 Å². The molecule has 0 bridgehead atoms. The van der Waals surface area contributed by atoms with E-state index in [9.17, 15) is 14.4 Å². The molecule has 0 unspecified atom stereocenters. The first-order chi connectivity index (χ1) is 17.4. The lowest BCUT2D eigenvalue weighted by Gasteiger charge is -2.14. The fraction of sp³-hybridized carbons (Fsp3) is 0.321. The third kappa shape index (κ3) is 4.26. The standard InChI is InChI=1S/C28H30N4O3S/c1-4-14-31-26(34)22(30-28(31)35)16-19-15-17(2)32(18(19)3)27-24(21-12-8-9-13-23(21)36-27)25(33)29-20-10-6-5-7-11-20/h5-7,10-11,15-16H,4,8-9,12-14H2,1-3H3,(H,29,33)(H,30,35)/b22-16+. The molecule has 3 heterocycles. The number of carbonyl (C=O) groups excluding carboxylic acids is 3. The van der Waals surface area contributed by atoms with Crippen molar-refractivity contribution in [3.63, 3.8) is 0 Å². The van der Waals surface area contributed by atoms with Crippen molar-refractivity contribution >= 4 is 40.9 Å². The summed E-state index contributed by atoms with van der Waals surface area (Å²) in [7, 11) is 0. The van der Waals surface area contributed by atoms with Gasteiger partial charge in [0.2, 0.25) is 0 Å². The molecule has 1 aliphatic heterocycles. The fourth-order valence-electron chi connectivity index (χ4n) is 5.06. The van der Waals surface area contributed by atoms with E-state index in [4.69, 9.17) is 0 Å². The van der Waals surface area contributed by atoms with E-state index < -0.39 is 0 Å². The highest BCUT2D eigenvalue weighted by molar-refractivity contribution is 7.15. The average molecular weight is 503 g/mol. The molecule has 3 aromatic rings. The predicted octanol–water partition coefficient (Wildman–Crippen LogP) is 5.59. The number of benzene rings is 1. The Morgan fingerprint density at radius 2 is 1.89 bits per heavy atom. The monoisotopic (exact) mass is 502 g/mol. The first-order valence-corrected chi connectivity index (χ1v) is 13.3. The number of nitrogens with one attached hydrogen (secondary N) is 2. The molecule has 5 rings (SSSR count). The molecule has 2 N–H and O–H groups in total. The van der Waals surface area contributed by atoms with Crippen molar-refractivity contribution in [3.8, 4) is 5.00 Å². The van der Waals surface area contributed by atoms with Gasteiger partial charge in [0.05, 0.1) is 5.56 Å². The SMILES string of the molecule is CCCN1C(=O)N/C(=C/c2cc(C)n(-c3sc4c(c3C(=O)Nc3ccccc3)CCCC4)c2C)C1=O. The quantitative estimate of drug-likeness (QED) is 0.340. The highest BCUT2D eigenvalue weighted by Gasteiger charge is 2.33. The molecule has 1 saturated heterocycles. The number of thiophene rings is 1. The summed E-state index contributed by atoms with van der Waals surface area (Å²) in [5.74, 6) is -0.405. The van der Waals surface area contributed by atoms with Gasteiger partial charge in [0.1, 0.15) is 10.7 Å². The largest absolute Gasteiger partial charge is 0.329 e. The Hall–Kier alpha value is -3.65. The number of aryl methyl sites for hydroxylation is 2. The van der Waals surface area contributed by atoms with E-state index >= 15 is 0 Å². The van der Waals surface area contributed by atoms with Gasteiger partial charge in [0.15, 0.2) is 0 Å². The summed E-state index contributed by atoms with van der Waals surface area (Å²) >= 11 is 1.68. The van der Waals surface area contributed by atoms with Crippen LogP contribution in [0, 0.1) is 13.8 Å². The summed E-state index contributed by atoms with van der Waals surface area (Å²) in [5, 5.41) is 6.70. The molecule has 1 aromatic carbocycles. The number of aromatic nitrogens is 1. The van der Waals surface area contributed by atoms with Crippen molar-refractivity contribution in [2.75, 3.05) is 11.9 Å². The van der Waals surface area contributed by atoms with Crippen LogP contribution in [0.15, 0.2) is 42.1 Å². The number of imide groups is 1. The van der Waals surface area contributed by atoms with E-state index in [2.05, 4.69) is 15.2 Å². The Bertz CT molecular complexity index is 1380. The number of amides is 4. The van der Waals surface area contributed by atoms with Crippen LogP contribution in [0.5, 0.6) is 0 Å². The topological polar surface area (TPSA) is 83.4 Å². The van der Waals surface area contributed by atoms with E-state index in [-0.39, 0.29) is 23.5 Å². The van der Waals surface area contributed by atoms with Gasteiger partial charge >= 0.3 is 6.03 Å². The molecule has 186 valence electrons. The lowest BCUT2D eigenvalue weighted by Crippen LogP contribution is -2.31. The average Bonchev–Trinajstić information content (AvgIpc) is 3.46. The van der Waals surface area contributed by atoms with Crippen LogP contribution in [-0.4, -0.2) is 33.9 Å². The minimum absolute atomic E-state index is 0.101. The zero-order chi connectivity index (χ0) is 25.4. The lowest BCUT2D eigenvalue weighted by atomic mass is 9.95. The summed E-state index contributed by atoms with van der Waals surface area (Å²) in [4.78, 5) is 41.1. The van der Waals surface area contributed by atoms with Crippen LogP contribution in [0.4, 0.5) is 10.5 Å². The molecule has 1 fully saturated rings. The van der Waals surface area contributed by atoms with Crippen LogP contribution in [0.1, 0.15) is 63.9 Å². The van der Waals surface area contributed by atoms with Crippen molar-refractivity contribution in [2.24, 2.45) is 0 Å². The zero-order valence-electron chi connectivity index (χ0n) is 20.8. The van der Waals surface area contributed by atoms with Gasteiger partial charge in [0.25, 0.3) is 11.8 Å². The first-order valence-electron chi connectivity index (χ1n) is 12.4. The molecule has 8 heteroatoms. The minimum atomic E-state index is -0.382. The molecule has 1 aliphatic carbocycles. The highest BCUT2D eigenvalue weighted by atomic mass is 32.1. The van der Waals surface area contributed by atoms with Gasteiger partial charge in [-0.25, -0.2) is 4.79 Å². The molecule has 4 amide bonds. The molecule has 0 saturated carbocycles. The Morgan fingerprint density at radius 1 is 1.14 bits per heavy atom.